The fraction of sp³-hybridized carbons (Fsp3) is 0.231. The van der Waals surface area contributed by atoms with Crippen LogP contribution in [0.3, 0.4) is 0 Å². The van der Waals surface area contributed by atoms with Crippen molar-refractivity contribution >= 4 is 49.9 Å². The lowest BCUT2D eigenvalue weighted by molar-refractivity contribution is 0.354. The molecule has 0 aliphatic rings. The summed E-state index contributed by atoms with van der Waals surface area (Å²) in [7, 11) is 3.29. The molecule has 0 amide bonds. The maximum atomic E-state index is 5.32. The molecule has 0 saturated heterocycles. The second kappa shape index (κ2) is 6.25. The van der Waals surface area contributed by atoms with Crippen LogP contribution in [0.4, 0.5) is 0 Å². The van der Waals surface area contributed by atoms with Crippen LogP contribution in [-0.4, -0.2) is 14.2 Å². The lowest BCUT2D eigenvalue weighted by Gasteiger charge is -2.12. The van der Waals surface area contributed by atoms with Gasteiger partial charge in [-0.25, -0.2) is 0 Å². The quantitative estimate of drug-likeness (QED) is 0.501. The average Bonchev–Trinajstić information content (AvgIpc) is 2.83. The van der Waals surface area contributed by atoms with Gasteiger partial charge in [0.1, 0.15) is 0 Å². The second-order valence-corrected chi connectivity index (χ2v) is 7.38. The molecule has 2 nitrogen and oxygen atoms in total. The molecule has 96 valence electrons. The van der Waals surface area contributed by atoms with Crippen LogP contribution in [0.1, 0.15) is 16.0 Å². The number of methoxy groups -OCH3 is 2. The summed E-state index contributed by atoms with van der Waals surface area (Å²) in [5.74, 6) is 1.50. The summed E-state index contributed by atoms with van der Waals surface area (Å²) in [4.78, 5) is 0.178. The van der Waals surface area contributed by atoms with Crippen LogP contribution in [0, 0.1) is 2.88 Å². The lowest BCUT2D eigenvalue weighted by atomic mass is 10.1. The maximum absolute atomic E-state index is 5.32. The summed E-state index contributed by atoms with van der Waals surface area (Å²) >= 11 is 7.80. The van der Waals surface area contributed by atoms with Crippen LogP contribution in [-0.2, 0) is 0 Å². The molecule has 1 heterocycles. The van der Waals surface area contributed by atoms with Gasteiger partial charge in [0.25, 0.3) is 0 Å². The first-order valence-electron chi connectivity index (χ1n) is 5.25. The molecule has 2 aromatic rings. The van der Waals surface area contributed by atoms with Gasteiger partial charge in [-0.3, -0.25) is 0 Å². The molecule has 0 spiro atoms. The normalized spacial score (nSPS) is 12.2. The van der Waals surface area contributed by atoms with Crippen molar-refractivity contribution in [2.24, 2.45) is 0 Å². The zero-order valence-corrected chi connectivity index (χ0v) is 14.5. The fourth-order valence-electron chi connectivity index (χ4n) is 1.66. The molecule has 1 aromatic carbocycles. The smallest absolute Gasteiger partial charge is 0.161 e. The van der Waals surface area contributed by atoms with E-state index in [2.05, 4.69) is 50.0 Å². The van der Waals surface area contributed by atoms with Gasteiger partial charge in [0.15, 0.2) is 11.5 Å². The zero-order valence-electron chi connectivity index (χ0n) is 9.94. The van der Waals surface area contributed by atoms with E-state index in [1.165, 1.54) is 8.45 Å². The monoisotopic (exact) mass is 438 g/mol. The van der Waals surface area contributed by atoms with Crippen molar-refractivity contribution in [3.05, 3.63) is 43.7 Å². The van der Waals surface area contributed by atoms with Crippen molar-refractivity contribution in [3.63, 3.8) is 0 Å². The minimum Gasteiger partial charge on any atom is -0.493 e. The Morgan fingerprint density at radius 2 is 1.83 bits per heavy atom. The number of alkyl halides is 1. The summed E-state index contributed by atoms with van der Waals surface area (Å²) in [5.41, 5.74) is 2.42. The van der Waals surface area contributed by atoms with E-state index < -0.39 is 0 Å². The number of hydrogen-bond acceptors (Lipinski definition) is 3. The van der Waals surface area contributed by atoms with Gasteiger partial charge >= 0.3 is 0 Å². The Kier molecular flexibility index (Phi) is 4.91. The number of benzene rings is 1. The van der Waals surface area contributed by atoms with Gasteiger partial charge in [-0.2, -0.15) is 0 Å². The minimum atomic E-state index is 0.178. The zero-order chi connectivity index (χ0) is 13.1. The van der Waals surface area contributed by atoms with Crippen molar-refractivity contribution in [3.8, 4) is 11.5 Å². The molecule has 18 heavy (non-hydrogen) atoms. The standard InChI is InChI=1S/C13H12BrIO2S/c1-16-10-4-3-8(5-11(10)17-2)13(14)9-6-12(15)18-7-9/h3-7,13H,1-2H3. The number of thiophene rings is 1. The molecule has 2 rings (SSSR count). The molecule has 0 aliphatic heterocycles. The predicted molar refractivity (Wildman–Crippen MR) is 87.4 cm³/mol. The van der Waals surface area contributed by atoms with Crippen LogP contribution >= 0.6 is 49.9 Å². The third-order valence-corrected chi connectivity index (χ3v) is 5.45. The van der Waals surface area contributed by atoms with E-state index in [9.17, 15) is 0 Å². The van der Waals surface area contributed by atoms with E-state index in [0.717, 1.165) is 17.1 Å². The number of rotatable bonds is 4. The fourth-order valence-corrected chi connectivity index (χ4v) is 3.78. The summed E-state index contributed by atoms with van der Waals surface area (Å²) < 4.78 is 11.8. The highest BCUT2D eigenvalue weighted by Gasteiger charge is 2.14. The van der Waals surface area contributed by atoms with Gasteiger partial charge in [-0.1, -0.05) is 22.0 Å². The highest BCUT2D eigenvalue weighted by Crippen LogP contribution is 2.37. The van der Waals surface area contributed by atoms with Crippen molar-refractivity contribution in [2.45, 2.75) is 4.83 Å². The molecular weight excluding hydrogens is 427 g/mol. The molecule has 0 bridgehead atoms. The van der Waals surface area contributed by atoms with Crippen LogP contribution in [0.15, 0.2) is 29.6 Å². The molecule has 0 fully saturated rings. The predicted octanol–water partition coefficient (Wildman–Crippen LogP) is 4.85. The molecule has 1 atom stereocenters. The Balaban J connectivity index is 2.33. The molecule has 0 saturated carbocycles. The topological polar surface area (TPSA) is 18.5 Å². The van der Waals surface area contributed by atoms with E-state index in [1.807, 2.05) is 18.2 Å². The summed E-state index contributed by atoms with van der Waals surface area (Å²) in [6, 6.07) is 8.16. The summed E-state index contributed by atoms with van der Waals surface area (Å²) in [6.45, 7) is 0. The van der Waals surface area contributed by atoms with Gasteiger partial charge in [0, 0.05) is 0 Å². The van der Waals surface area contributed by atoms with Crippen LogP contribution < -0.4 is 9.47 Å². The first-order chi connectivity index (χ1) is 8.65. The number of hydrogen-bond donors (Lipinski definition) is 0. The summed E-state index contributed by atoms with van der Waals surface area (Å²) in [5, 5.41) is 2.16. The molecule has 1 aromatic heterocycles. The van der Waals surface area contributed by atoms with Crippen molar-refractivity contribution < 1.29 is 9.47 Å². The molecular formula is C13H12BrIO2S. The van der Waals surface area contributed by atoms with E-state index in [-0.39, 0.29) is 4.83 Å². The van der Waals surface area contributed by atoms with Crippen LogP contribution in [0.25, 0.3) is 0 Å². The van der Waals surface area contributed by atoms with Gasteiger partial charge < -0.3 is 9.47 Å². The summed E-state index contributed by atoms with van der Waals surface area (Å²) in [6.07, 6.45) is 0. The first-order valence-corrected chi connectivity index (χ1v) is 8.13. The van der Waals surface area contributed by atoms with Crippen molar-refractivity contribution in [1.82, 2.24) is 0 Å². The average molecular weight is 439 g/mol. The van der Waals surface area contributed by atoms with Gasteiger partial charge in [-0.15, -0.1) is 11.3 Å². The third kappa shape index (κ3) is 3.00. The highest BCUT2D eigenvalue weighted by molar-refractivity contribution is 14.1. The highest BCUT2D eigenvalue weighted by atomic mass is 127. The maximum Gasteiger partial charge on any atom is 0.161 e. The van der Waals surface area contributed by atoms with Crippen LogP contribution in [0.5, 0.6) is 11.5 Å². The number of ether oxygens (including phenoxy) is 2. The SMILES string of the molecule is COc1ccc(C(Br)c2csc(I)c2)cc1OC. The molecule has 0 N–H and O–H groups in total. The molecule has 0 radical (unpaired) electrons. The van der Waals surface area contributed by atoms with E-state index in [0.29, 0.717) is 0 Å². The minimum absolute atomic E-state index is 0.178. The molecule has 1 unspecified atom stereocenters. The lowest BCUT2D eigenvalue weighted by Crippen LogP contribution is -1.95. The Morgan fingerprint density at radius 1 is 1.11 bits per heavy atom. The second-order valence-electron chi connectivity index (χ2n) is 3.66. The molecule has 0 aliphatic carbocycles. The van der Waals surface area contributed by atoms with Gasteiger partial charge in [-0.05, 0) is 57.3 Å². The Hall–Kier alpha value is -0.270. The van der Waals surface area contributed by atoms with Crippen molar-refractivity contribution in [2.75, 3.05) is 14.2 Å². The van der Waals surface area contributed by atoms with Crippen LogP contribution in [0.2, 0.25) is 0 Å². The first kappa shape index (κ1) is 14.1. The van der Waals surface area contributed by atoms with E-state index in [1.54, 1.807) is 25.6 Å². The van der Waals surface area contributed by atoms with Crippen molar-refractivity contribution in [1.29, 1.82) is 0 Å². The molecule has 5 heteroatoms. The van der Waals surface area contributed by atoms with E-state index >= 15 is 0 Å². The Labute approximate surface area is 133 Å². The Morgan fingerprint density at radius 3 is 2.39 bits per heavy atom. The van der Waals surface area contributed by atoms with E-state index in [4.69, 9.17) is 9.47 Å². The largest absolute Gasteiger partial charge is 0.493 e. The van der Waals surface area contributed by atoms with Gasteiger partial charge in [0.05, 0.1) is 21.9 Å². The third-order valence-electron chi connectivity index (χ3n) is 2.58. The number of halogens is 2. The Bertz CT molecular complexity index is 542. The van der Waals surface area contributed by atoms with Gasteiger partial charge in [0.2, 0.25) is 0 Å².